The molecule has 110 valence electrons. The van der Waals surface area contributed by atoms with E-state index in [1.54, 1.807) is 0 Å². The molecule has 1 atom stereocenters. The van der Waals surface area contributed by atoms with Crippen LogP contribution in [0.4, 0.5) is 11.4 Å². The molecule has 5 heteroatoms. The predicted octanol–water partition coefficient (Wildman–Crippen LogP) is 1.51. The van der Waals surface area contributed by atoms with Gasteiger partial charge in [-0.15, -0.1) is 0 Å². The molecule has 2 rings (SSSR count). The number of carbonyl (C=O) groups excluding carboxylic acids is 1. The van der Waals surface area contributed by atoms with Gasteiger partial charge in [0.1, 0.15) is 6.10 Å². The van der Waals surface area contributed by atoms with Crippen LogP contribution in [0, 0.1) is 6.92 Å². The van der Waals surface area contributed by atoms with Crippen LogP contribution in [0.2, 0.25) is 0 Å². The number of nitrogens with two attached hydrogens (primary N) is 1. The molecule has 0 aliphatic carbocycles. The van der Waals surface area contributed by atoms with Crippen LogP contribution in [-0.4, -0.2) is 38.8 Å². The minimum absolute atomic E-state index is 0.174. The maximum atomic E-state index is 11.9. The van der Waals surface area contributed by atoms with E-state index in [0.717, 1.165) is 24.3 Å². The summed E-state index contributed by atoms with van der Waals surface area (Å²) in [4.78, 5) is 14.3. The second kappa shape index (κ2) is 6.72. The fourth-order valence-corrected chi connectivity index (χ4v) is 2.48. The SMILES string of the molecule is COC(CN)C(=O)Nc1ccc(N2CCCC2)cc1C. The number of benzene rings is 1. The first kappa shape index (κ1) is 14.8. The minimum Gasteiger partial charge on any atom is -0.372 e. The molecule has 20 heavy (non-hydrogen) atoms. The minimum atomic E-state index is -0.604. The number of aryl methyl sites for hydroxylation is 1. The van der Waals surface area contributed by atoms with Gasteiger partial charge in [-0.05, 0) is 43.5 Å². The Morgan fingerprint density at radius 3 is 2.70 bits per heavy atom. The number of nitrogens with zero attached hydrogens (tertiary/aromatic N) is 1. The zero-order valence-corrected chi connectivity index (χ0v) is 12.2. The van der Waals surface area contributed by atoms with Gasteiger partial charge in [0, 0.05) is 38.1 Å². The largest absolute Gasteiger partial charge is 0.372 e. The molecule has 0 radical (unpaired) electrons. The number of rotatable bonds is 5. The van der Waals surface area contributed by atoms with Crippen LogP contribution in [0.5, 0.6) is 0 Å². The molecular weight excluding hydrogens is 254 g/mol. The zero-order valence-electron chi connectivity index (χ0n) is 12.2. The Hall–Kier alpha value is -1.59. The topological polar surface area (TPSA) is 67.6 Å². The van der Waals surface area contributed by atoms with Crippen LogP contribution >= 0.6 is 0 Å². The Morgan fingerprint density at radius 2 is 2.15 bits per heavy atom. The van der Waals surface area contributed by atoms with E-state index in [2.05, 4.69) is 22.3 Å². The molecule has 3 N–H and O–H groups in total. The summed E-state index contributed by atoms with van der Waals surface area (Å²) >= 11 is 0. The molecule has 0 spiro atoms. The van der Waals surface area contributed by atoms with Crippen LogP contribution in [0.15, 0.2) is 18.2 Å². The smallest absolute Gasteiger partial charge is 0.254 e. The monoisotopic (exact) mass is 277 g/mol. The van der Waals surface area contributed by atoms with Gasteiger partial charge in [0.2, 0.25) is 0 Å². The molecule has 0 bridgehead atoms. The third-order valence-electron chi connectivity index (χ3n) is 3.73. The highest BCUT2D eigenvalue weighted by Crippen LogP contribution is 2.25. The quantitative estimate of drug-likeness (QED) is 0.856. The number of anilines is 2. The Balaban J connectivity index is 2.07. The molecule has 1 heterocycles. The second-order valence-electron chi connectivity index (χ2n) is 5.14. The van der Waals surface area contributed by atoms with Gasteiger partial charge in [0.15, 0.2) is 0 Å². The maximum Gasteiger partial charge on any atom is 0.254 e. The highest BCUT2D eigenvalue weighted by Gasteiger charge is 2.17. The van der Waals surface area contributed by atoms with E-state index in [9.17, 15) is 4.79 Å². The Morgan fingerprint density at radius 1 is 1.45 bits per heavy atom. The van der Waals surface area contributed by atoms with Crippen molar-refractivity contribution < 1.29 is 9.53 Å². The number of hydrogen-bond acceptors (Lipinski definition) is 4. The molecular formula is C15H23N3O2. The lowest BCUT2D eigenvalue weighted by Gasteiger charge is -2.20. The summed E-state index contributed by atoms with van der Waals surface area (Å²) in [5.41, 5.74) is 8.58. The summed E-state index contributed by atoms with van der Waals surface area (Å²) in [7, 11) is 1.49. The fraction of sp³-hybridized carbons (Fsp3) is 0.533. The van der Waals surface area contributed by atoms with Crippen molar-refractivity contribution in [2.45, 2.75) is 25.9 Å². The van der Waals surface area contributed by atoms with Crippen LogP contribution in [0.3, 0.4) is 0 Å². The van der Waals surface area contributed by atoms with Crippen LogP contribution in [-0.2, 0) is 9.53 Å². The van der Waals surface area contributed by atoms with Gasteiger partial charge in [-0.2, -0.15) is 0 Å². The lowest BCUT2D eigenvalue weighted by atomic mass is 10.1. The molecule has 0 saturated carbocycles. The van der Waals surface area contributed by atoms with Crippen molar-refractivity contribution in [3.63, 3.8) is 0 Å². The zero-order chi connectivity index (χ0) is 14.5. The fourth-order valence-electron chi connectivity index (χ4n) is 2.48. The molecule has 0 aromatic heterocycles. The van der Waals surface area contributed by atoms with Crippen molar-refractivity contribution in [2.24, 2.45) is 5.73 Å². The van der Waals surface area contributed by atoms with E-state index >= 15 is 0 Å². The van der Waals surface area contributed by atoms with Crippen molar-refractivity contribution in [3.8, 4) is 0 Å². The van der Waals surface area contributed by atoms with E-state index < -0.39 is 6.10 Å². The van der Waals surface area contributed by atoms with Crippen LogP contribution < -0.4 is 16.0 Å². The third kappa shape index (κ3) is 3.29. The van der Waals surface area contributed by atoms with Gasteiger partial charge < -0.3 is 20.7 Å². The van der Waals surface area contributed by atoms with E-state index in [-0.39, 0.29) is 12.5 Å². The highest BCUT2D eigenvalue weighted by atomic mass is 16.5. The summed E-state index contributed by atoms with van der Waals surface area (Å²) in [5, 5.41) is 2.87. The van der Waals surface area contributed by atoms with Gasteiger partial charge in [-0.1, -0.05) is 0 Å². The lowest BCUT2D eigenvalue weighted by molar-refractivity contribution is -0.125. The summed E-state index contributed by atoms with van der Waals surface area (Å²) in [5.74, 6) is -0.202. The molecule has 1 saturated heterocycles. The number of hydrogen-bond donors (Lipinski definition) is 2. The number of ether oxygens (including phenoxy) is 1. The summed E-state index contributed by atoms with van der Waals surface area (Å²) in [6.07, 6.45) is 1.90. The second-order valence-corrected chi connectivity index (χ2v) is 5.14. The van der Waals surface area contributed by atoms with Crippen molar-refractivity contribution in [1.29, 1.82) is 0 Å². The first-order valence-corrected chi connectivity index (χ1v) is 7.05. The molecule has 1 unspecified atom stereocenters. The Labute approximate surface area is 120 Å². The van der Waals surface area contributed by atoms with Crippen LogP contribution in [0.25, 0.3) is 0 Å². The Kier molecular flexibility index (Phi) is 4.98. The standard InChI is InChI=1S/C15H23N3O2/c1-11-9-12(18-7-3-4-8-18)5-6-13(11)17-15(19)14(10-16)20-2/h5-6,9,14H,3-4,7-8,10,16H2,1-2H3,(H,17,19). The summed E-state index contributed by atoms with van der Waals surface area (Å²) in [6.45, 7) is 4.40. The molecule has 1 aliphatic rings. The number of amides is 1. The number of carbonyl (C=O) groups is 1. The van der Waals surface area contributed by atoms with Gasteiger partial charge in [-0.25, -0.2) is 0 Å². The average molecular weight is 277 g/mol. The third-order valence-corrected chi connectivity index (χ3v) is 3.73. The van der Waals surface area contributed by atoms with E-state index in [1.165, 1.54) is 25.6 Å². The number of methoxy groups -OCH3 is 1. The van der Waals surface area contributed by atoms with Gasteiger partial charge >= 0.3 is 0 Å². The van der Waals surface area contributed by atoms with Crippen molar-refractivity contribution in [3.05, 3.63) is 23.8 Å². The van der Waals surface area contributed by atoms with Crippen molar-refractivity contribution in [1.82, 2.24) is 0 Å². The normalized spacial score (nSPS) is 16.2. The highest BCUT2D eigenvalue weighted by molar-refractivity contribution is 5.95. The lowest BCUT2D eigenvalue weighted by Crippen LogP contribution is -2.36. The molecule has 1 amide bonds. The van der Waals surface area contributed by atoms with Crippen molar-refractivity contribution in [2.75, 3.05) is 37.0 Å². The van der Waals surface area contributed by atoms with E-state index in [0.29, 0.717) is 0 Å². The van der Waals surface area contributed by atoms with Crippen molar-refractivity contribution >= 4 is 17.3 Å². The molecule has 5 nitrogen and oxygen atoms in total. The molecule has 1 aromatic carbocycles. The predicted molar refractivity (Wildman–Crippen MR) is 81.1 cm³/mol. The Bertz CT molecular complexity index is 466. The van der Waals surface area contributed by atoms with E-state index in [1.807, 2.05) is 13.0 Å². The summed E-state index contributed by atoms with van der Waals surface area (Å²) in [6, 6.07) is 6.12. The van der Waals surface area contributed by atoms with E-state index in [4.69, 9.17) is 10.5 Å². The maximum absolute atomic E-state index is 11.9. The molecule has 1 aliphatic heterocycles. The van der Waals surface area contributed by atoms with Gasteiger partial charge in [0.05, 0.1) is 0 Å². The average Bonchev–Trinajstić information content (AvgIpc) is 2.96. The first-order chi connectivity index (χ1) is 9.65. The molecule has 1 aromatic rings. The van der Waals surface area contributed by atoms with Gasteiger partial charge in [-0.3, -0.25) is 4.79 Å². The number of nitrogens with one attached hydrogen (secondary N) is 1. The van der Waals surface area contributed by atoms with Crippen LogP contribution in [0.1, 0.15) is 18.4 Å². The molecule has 1 fully saturated rings. The van der Waals surface area contributed by atoms with Gasteiger partial charge in [0.25, 0.3) is 5.91 Å². The first-order valence-electron chi connectivity index (χ1n) is 7.05. The summed E-state index contributed by atoms with van der Waals surface area (Å²) < 4.78 is 5.03.